The average molecular weight is 387 g/mol. The lowest BCUT2D eigenvalue weighted by Crippen LogP contribution is -2.12. The lowest BCUT2D eigenvalue weighted by atomic mass is 10.3. The third-order valence-electron chi connectivity index (χ3n) is 3.15. The van der Waals surface area contributed by atoms with E-state index in [2.05, 4.69) is 27.2 Å². The number of halogens is 1. The van der Waals surface area contributed by atoms with E-state index in [1.165, 1.54) is 24.0 Å². The van der Waals surface area contributed by atoms with E-state index in [9.17, 15) is 4.39 Å². The van der Waals surface area contributed by atoms with Crippen LogP contribution >= 0.6 is 11.8 Å². The van der Waals surface area contributed by atoms with Crippen molar-refractivity contribution >= 4 is 35.0 Å². The molecule has 142 valence electrons. The molecule has 0 fully saturated rings. The van der Waals surface area contributed by atoms with Gasteiger partial charge in [0.25, 0.3) is 0 Å². The first-order valence-corrected chi connectivity index (χ1v) is 9.09. The Hall–Kier alpha value is -3.00. The molecule has 0 saturated heterocycles. The molecule has 8 heteroatoms. The molecule has 0 radical (unpaired) electrons. The number of anilines is 4. The van der Waals surface area contributed by atoms with Gasteiger partial charge in [-0.2, -0.15) is 9.97 Å². The highest BCUT2D eigenvalue weighted by Gasteiger charge is 2.08. The van der Waals surface area contributed by atoms with Crippen LogP contribution in [0.25, 0.3) is 0 Å². The Morgan fingerprint density at radius 2 is 2.00 bits per heavy atom. The summed E-state index contributed by atoms with van der Waals surface area (Å²) >= 11 is 1.26. The van der Waals surface area contributed by atoms with Gasteiger partial charge < -0.3 is 22.1 Å². The molecule has 1 heterocycles. The molecule has 0 aliphatic carbocycles. The summed E-state index contributed by atoms with van der Waals surface area (Å²) in [5.41, 5.74) is 11.7. The van der Waals surface area contributed by atoms with E-state index in [1.807, 2.05) is 13.8 Å². The molecule has 2 rings (SSSR count). The van der Waals surface area contributed by atoms with Crippen LogP contribution in [0.3, 0.4) is 0 Å². The Kier molecular flexibility index (Phi) is 7.25. The Bertz CT molecular complexity index is 863. The van der Waals surface area contributed by atoms with Gasteiger partial charge in [0.1, 0.15) is 17.5 Å². The van der Waals surface area contributed by atoms with E-state index < -0.39 is 0 Å². The number of aromatic nitrogens is 2. The minimum atomic E-state index is -0.368. The predicted octanol–water partition coefficient (Wildman–Crippen LogP) is 4.40. The minimum Gasteiger partial charge on any atom is -0.405 e. The van der Waals surface area contributed by atoms with Crippen molar-refractivity contribution < 1.29 is 4.39 Å². The number of nitrogens with two attached hydrogens (primary N) is 2. The number of nitrogen functional groups attached to an aromatic ring is 1. The molecule has 27 heavy (non-hydrogen) atoms. The van der Waals surface area contributed by atoms with Crippen LogP contribution in [0, 0.1) is 5.82 Å². The van der Waals surface area contributed by atoms with Crippen LogP contribution in [-0.2, 0) is 0 Å². The van der Waals surface area contributed by atoms with Crippen LogP contribution in [0.5, 0.6) is 0 Å². The fourth-order valence-corrected chi connectivity index (χ4v) is 3.03. The van der Waals surface area contributed by atoms with E-state index in [0.717, 1.165) is 4.91 Å². The second-order valence-corrected chi connectivity index (χ2v) is 6.95. The van der Waals surface area contributed by atoms with E-state index in [4.69, 9.17) is 11.5 Å². The predicted molar refractivity (Wildman–Crippen MR) is 112 cm³/mol. The highest BCUT2D eigenvalue weighted by Crippen LogP contribution is 2.32. The number of nitrogens with zero attached hydrogens (tertiary/aromatic N) is 2. The van der Waals surface area contributed by atoms with Crippen molar-refractivity contribution in [1.29, 1.82) is 0 Å². The fraction of sp³-hybridized carbons (Fsp3) is 0.158. The molecule has 0 amide bonds. The summed E-state index contributed by atoms with van der Waals surface area (Å²) in [5.74, 6) is 0.834. The van der Waals surface area contributed by atoms with Crippen LogP contribution in [0.15, 0.2) is 65.1 Å². The summed E-state index contributed by atoms with van der Waals surface area (Å²) in [4.78, 5) is 9.50. The Balaban J connectivity index is 2.19. The van der Waals surface area contributed by atoms with Crippen LogP contribution in [0.2, 0.25) is 0 Å². The van der Waals surface area contributed by atoms with Gasteiger partial charge in [0.2, 0.25) is 5.95 Å². The quantitative estimate of drug-likeness (QED) is 0.394. The van der Waals surface area contributed by atoms with Crippen LogP contribution in [-0.4, -0.2) is 16.0 Å². The maximum atomic E-state index is 14.5. The van der Waals surface area contributed by atoms with Gasteiger partial charge in [0, 0.05) is 27.6 Å². The van der Waals surface area contributed by atoms with Crippen LogP contribution in [0.1, 0.15) is 13.8 Å². The maximum absolute atomic E-state index is 14.5. The van der Waals surface area contributed by atoms with Crippen molar-refractivity contribution in [2.45, 2.75) is 24.8 Å². The third-order valence-corrected chi connectivity index (χ3v) is 4.21. The van der Waals surface area contributed by atoms with Crippen molar-refractivity contribution in [3.8, 4) is 0 Å². The topological polar surface area (TPSA) is 102 Å². The molecular weight excluding hydrogens is 363 g/mol. The second-order valence-electron chi connectivity index (χ2n) is 5.83. The van der Waals surface area contributed by atoms with Gasteiger partial charge in [-0.15, -0.1) is 0 Å². The Morgan fingerprint density at radius 1 is 1.26 bits per heavy atom. The molecule has 2 aromatic rings. The molecule has 6 nitrogen and oxygen atoms in total. The highest BCUT2D eigenvalue weighted by molar-refractivity contribution is 8.03. The van der Waals surface area contributed by atoms with Crippen molar-refractivity contribution in [1.82, 2.24) is 9.97 Å². The molecule has 0 spiro atoms. The summed E-state index contributed by atoms with van der Waals surface area (Å²) in [6.07, 6.45) is 6.47. The largest absolute Gasteiger partial charge is 0.405 e. The van der Waals surface area contributed by atoms with Gasteiger partial charge in [0.05, 0.1) is 0 Å². The Labute approximate surface area is 162 Å². The maximum Gasteiger partial charge on any atom is 0.223 e. The van der Waals surface area contributed by atoms with E-state index in [0.29, 0.717) is 22.2 Å². The van der Waals surface area contributed by atoms with Gasteiger partial charge >= 0.3 is 0 Å². The molecule has 0 saturated carbocycles. The zero-order chi connectivity index (χ0) is 19.8. The van der Waals surface area contributed by atoms with Gasteiger partial charge in [0.15, 0.2) is 0 Å². The molecule has 0 atom stereocenters. The molecule has 1 aromatic carbocycles. The summed E-state index contributed by atoms with van der Waals surface area (Å²) in [7, 11) is 0. The van der Waals surface area contributed by atoms with Gasteiger partial charge in [-0.3, -0.25) is 0 Å². The molecule has 1 aromatic heterocycles. The van der Waals surface area contributed by atoms with Crippen LogP contribution < -0.4 is 22.1 Å². The third kappa shape index (κ3) is 6.34. The number of thioether (sulfide) groups is 1. The molecular formula is C19H23FN6S. The molecule has 0 bridgehead atoms. The smallest absolute Gasteiger partial charge is 0.223 e. The Morgan fingerprint density at radius 3 is 2.63 bits per heavy atom. The minimum absolute atomic E-state index is 0.128. The monoisotopic (exact) mass is 386 g/mol. The summed E-state index contributed by atoms with van der Waals surface area (Å²) in [5, 5.41) is 6.20. The first-order valence-electron chi connectivity index (χ1n) is 8.27. The molecule has 0 aliphatic rings. The number of hydrogen-bond donors (Lipinski definition) is 4. The normalized spacial score (nSPS) is 11.8. The number of nitrogens with one attached hydrogen (secondary N) is 2. The molecule has 0 aliphatic heterocycles. The summed E-state index contributed by atoms with van der Waals surface area (Å²) in [6.45, 7) is 7.63. The van der Waals surface area contributed by atoms with Crippen molar-refractivity contribution in [2.24, 2.45) is 5.73 Å². The van der Waals surface area contributed by atoms with Crippen molar-refractivity contribution in [2.75, 3.05) is 16.4 Å². The first kappa shape index (κ1) is 20.3. The number of benzene rings is 1. The average Bonchev–Trinajstić information content (AvgIpc) is 2.56. The lowest BCUT2D eigenvalue weighted by molar-refractivity contribution is 0.603. The summed E-state index contributed by atoms with van der Waals surface area (Å²) < 4.78 is 14.5. The first-order chi connectivity index (χ1) is 12.9. The highest BCUT2D eigenvalue weighted by atomic mass is 32.2. The molecule has 0 unspecified atom stereocenters. The van der Waals surface area contributed by atoms with Gasteiger partial charge in [-0.25, -0.2) is 4.39 Å². The number of rotatable bonds is 8. The number of allylic oxidation sites excluding steroid dienone is 3. The standard InChI is InChI=1S/C19H23FN6S/c1-4-5-14(8-9-21)27-16-7-6-13(10-15(16)20)24-18-11-17(23-12(2)3)25-19(22)26-18/h4-12H,1,21H2,2-3H3,(H4,22,23,24,25,26)/b9-8-,14-5+. The summed E-state index contributed by atoms with van der Waals surface area (Å²) in [6, 6.07) is 6.75. The van der Waals surface area contributed by atoms with E-state index in [1.54, 1.807) is 36.4 Å². The molecule has 6 N–H and O–H groups in total. The second kappa shape index (κ2) is 9.63. The zero-order valence-electron chi connectivity index (χ0n) is 15.2. The van der Waals surface area contributed by atoms with Gasteiger partial charge in [-0.1, -0.05) is 24.4 Å². The van der Waals surface area contributed by atoms with Gasteiger partial charge in [-0.05, 0) is 50.4 Å². The fourth-order valence-electron chi connectivity index (χ4n) is 2.17. The van der Waals surface area contributed by atoms with E-state index in [-0.39, 0.29) is 17.8 Å². The van der Waals surface area contributed by atoms with E-state index >= 15 is 0 Å². The lowest BCUT2D eigenvalue weighted by Gasteiger charge is -2.12. The van der Waals surface area contributed by atoms with Crippen LogP contribution in [0.4, 0.5) is 27.7 Å². The number of hydrogen-bond acceptors (Lipinski definition) is 7. The van der Waals surface area contributed by atoms with Crippen molar-refractivity contribution in [3.63, 3.8) is 0 Å². The van der Waals surface area contributed by atoms with Crippen molar-refractivity contribution in [3.05, 3.63) is 66.0 Å². The zero-order valence-corrected chi connectivity index (χ0v) is 16.1. The SMILES string of the molecule is C=C/C=C(\C=C/N)Sc1ccc(Nc2cc(NC(C)C)nc(N)n2)cc1F.